The predicted molar refractivity (Wildman–Crippen MR) is 125 cm³/mol. The van der Waals surface area contributed by atoms with Crippen LogP contribution < -0.4 is 19.1 Å². The molecule has 2 heterocycles. The summed E-state index contributed by atoms with van der Waals surface area (Å²) in [5.74, 6) is 1.26. The standard InChI is InChI=1S/C24H23N3O4S/c1-15-11-12-18(29-2)20-22(15)32-24(26-20)27(14-16-8-5-6-13-25-16)23(28)17-9-7-10-19(30-3)21(17)31-4/h5-13H,14H2,1-4H3. The molecule has 7 nitrogen and oxygen atoms in total. The van der Waals surface area contributed by atoms with E-state index in [-0.39, 0.29) is 12.5 Å². The molecule has 0 saturated heterocycles. The van der Waals surface area contributed by atoms with Gasteiger partial charge in [-0.25, -0.2) is 4.98 Å². The van der Waals surface area contributed by atoms with Crippen LogP contribution in [0.2, 0.25) is 0 Å². The van der Waals surface area contributed by atoms with Crippen molar-refractivity contribution in [2.24, 2.45) is 0 Å². The molecule has 0 radical (unpaired) electrons. The van der Waals surface area contributed by atoms with Gasteiger partial charge in [-0.15, -0.1) is 0 Å². The smallest absolute Gasteiger partial charge is 0.264 e. The minimum atomic E-state index is -0.262. The molecule has 8 heteroatoms. The van der Waals surface area contributed by atoms with E-state index in [4.69, 9.17) is 19.2 Å². The van der Waals surface area contributed by atoms with Crippen molar-refractivity contribution < 1.29 is 19.0 Å². The Morgan fingerprint density at radius 3 is 2.47 bits per heavy atom. The van der Waals surface area contributed by atoms with Crippen LogP contribution in [0.5, 0.6) is 17.2 Å². The van der Waals surface area contributed by atoms with Gasteiger partial charge in [0.15, 0.2) is 16.6 Å². The Morgan fingerprint density at radius 2 is 1.78 bits per heavy atom. The number of ether oxygens (including phenoxy) is 3. The fourth-order valence-corrected chi connectivity index (χ4v) is 4.51. The number of carbonyl (C=O) groups excluding carboxylic acids is 1. The van der Waals surface area contributed by atoms with Gasteiger partial charge in [0.1, 0.15) is 11.3 Å². The molecule has 0 aliphatic heterocycles. The van der Waals surface area contributed by atoms with Crippen LogP contribution in [0.3, 0.4) is 0 Å². The van der Waals surface area contributed by atoms with Crippen molar-refractivity contribution in [3.8, 4) is 17.2 Å². The van der Waals surface area contributed by atoms with E-state index in [0.29, 0.717) is 27.9 Å². The molecule has 0 spiro atoms. The third-order valence-corrected chi connectivity index (χ3v) is 6.28. The molecule has 0 saturated carbocycles. The van der Waals surface area contributed by atoms with Crippen molar-refractivity contribution in [1.29, 1.82) is 0 Å². The Bertz CT molecular complexity index is 1260. The highest BCUT2D eigenvalue weighted by molar-refractivity contribution is 7.22. The molecule has 2 aromatic carbocycles. The van der Waals surface area contributed by atoms with Crippen molar-refractivity contribution in [3.05, 3.63) is 71.5 Å². The molecule has 0 N–H and O–H groups in total. The van der Waals surface area contributed by atoms with Gasteiger partial charge in [-0.3, -0.25) is 14.7 Å². The quantitative estimate of drug-likeness (QED) is 0.401. The van der Waals surface area contributed by atoms with Crippen molar-refractivity contribution in [2.75, 3.05) is 26.2 Å². The Hall–Kier alpha value is -3.65. The molecule has 2 aromatic heterocycles. The summed E-state index contributed by atoms with van der Waals surface area (Å²) in [6, 6.07) is 14.7. The number of thiazole rings is 1. The number of benzene rings is 2. The monoisotopic (exact) mass is 449 g/mol. The van der Waals surface area contributed by atoms with E-state index in [1.165, 1.54) is 18.4 Å². The van der Waals surface area contributed by atoms with E-state index < -0.39 is 0 Å². The van der Waals surface area contributed by atoms with Gasteiger partial charge in [0.25, 0.3) is 5.91 Å². The van der Waals surface area contributed by atoms with Crippen LogP contribution in [-0.2, 0) is 6.54 Å². The van der Waals surface area contributed by atoms with Crippen LogP contribution in [0, 0.1) is 6.92 Å². The van der Waals surface area contributed by atoms with E-state index in [9.17, 15) is 4.79 Å². The lowest BCUT2D eigenvalue weighted by molar-refractivity contribution is 0.0981. The Morgan fingerprint density at radius 1 is 0.969 bits per heavy atom. The summed E-state index contributed by atoms with van der Waals surface area (Å²) in [4.78, 5) is 24.6. The van der Waals surface area contributed by atoms with Gasteiger partial charge in [-0.1, -0.05) is 29.5 Å². The number of amides is 1. The van der Waals surface area contributed by atoms with Gasteiger partial charge in [0, 0.05) is 6.20 Å². The average Bonchev–Trinajstić information content (AvgIpc) is 3.28. The van der Waals surface area contributed by atoms with Gasteiger partial charge in [-0.2, -0.15) is 0 Å². The summed E-state index contributed by atoms with van der Waals surface area (Å²) in [5.41, 5.74) is 2.91. The van der Waals surface area contributed by atoms with Gasteiger partial charge in [0.2, 0.25) is 0 Å². The molecule has 164 valence electrons. The summed E-state index contributed by atoms with van der Waals surface area (Å²) in [6.45, 7) is 2.26. The number of aromatic nitrogens is 2. The molecule has 4 aromatic rings. The highest BCUT2D eigenvalue weighted by Gasteiger charge is 2.27. The zero-order valence-corrected chi connectivity index (χ0v) is 19.1. The fourth-order valence-electron chi connectivity index (χ4n) is 3.46. The summed E-state index contributed by atoms with van der Waals surface area (Å²) in [7, 11) is 4.67. The molecule has 0 bridgehead atoms. The van der Waals surface area contributed by atoms with E-state index in [1.807, 2.05) is 37.3 Å². The number of aryl methyl sites for hydroxylation is 1. The molecule has 0 aliphatic rings. The topological polar surface area (TPSA) is 73.8 Å². The first kappa shape index (κ1) is 21.6. The number of methoxy groups -OCH3 is 3. The third-order valence-electron chi connectivity index (χ3n) is 5.07. The number of pyridine rings is 1. The van der Waals surface area contributed by atoms with Gasteiger partial charge >= 0.3 is 0 Å². The number of rotatable bonds is 7. The summed E-state index contributed by atoms with van der Waals surface area (Å²) in [5, 5.41) is 0.549. The van der Waals surface area contributed by atoms with Crippen LogP contribution in [0.4, 0.5) is 5.13 Å². The molecule has 0 fully saturated rings. The van der Waals surface area contributed by atoms with E-state index >= 15 is 0 Å². The van der Waals surface area contributed by atoms with Crippen molar-refractivity contribution in [1.82, 2.24) is 9.97 Å². The summed E-state index contributed by atoms with van der Waals surface area (Å²) >= 11 is 1.44. The van der Waals surface area contributed by atoms with Gasteiger partial charge in [0.05, 0.1) is 43.8 Å². The zero-order valence-electron chi connectivity index (χ0n) is 18.3. The lowest BCUT2D eigenvalue weighted by atomic mass is 10.1. The second kappa shape index (κ2) is 9.23. The number of anilines is 1. The number of carbonyl (C=O) groups is 1. The lowest BCUT2D eigenvalue weighted by Gasteiger charge is -2.21. The molecule has 0 aliphatic carbocycles. The van der Waals surface area contributed by atoms with E-state index in [2.05, 4.69) is 4.98 Å². The van der Waals surface area contributed by atoms with Crippen molar-refractivity contribution >= 4 is 32.6 Å². The van der Waals surface area contributed by atoms with Crippen LogP contribution in [-0.4, -0.2) is 37.2 Å². The van der Waals surface area contributed by atoms with Crippen LogP contribution >= 0.6 is 11.3 Å². The first-order valence-electron chi connectivity index (χ1n) is 9.94. The number of nitrogens with zero attached hydrogens (tertiary/aromatic N) is 3. The van der Waals surface area contributed by atoms with Crippen molar-refractivity contribution in [3.63, 3.8) is 0 Å². The maximum Gasteiger partial charge on any atom is 0.264 e. The Balaban J connectivity index is 1.86. The second-order valence-electron chi connectivity index (χ2n) is 7.01. The summed E-state index contributed by atoms with van der Waals surface area (Å²) < 4.78 is 17.4. The Labute approximate surface area is 190 Å². The van der Waals surface area contributed by atoms with Gasteiger partial charge in [-0.05, 0) is 42.8 Å². The lowest BCUT2D eigenvalue weighted by Crippen LogP contribution is -2.31. The molecule has 32 heavy (non-hydrogen) atoms. The zero-order chi connectivity index (χ0) is 22.7. The number of fused-ring (bicyclic) bond motifs is 1. The van der Waals surface area contributed by atoms with Crippen molar-refractivity contribution in [2.45, 2.75) is 13.5 Å². The molecule has 0 atom stereocenters. The molecule has 1 amide bonds. The minimum absolute atomic E-state index is 0.251. The van der Waals surface area contributed by atoms with E-state index in [1.54, 1.807) is 43.5 Å². The SMILES string of the molecule is COc1cccc(C(=O)N(Cc2ccccn2)c2nc3c(OC)ccc(C)c3s2)c1OC. The maximum absolute atomic E-state index is 13.8. The molecular weight excluding hydrogens is 426 g/mol. The minimum Gasteiger partial charge on any atom is -0.494 e. The van der Waals surface area contributed by atoms with Gasteiger partial charge < -0.3 is 14.2 Å². The maximum atomic E-state index is 13.8. The number of para-hydroxylation sites is 1. The first-order chi connectivity index (χ1) is 15.6. The first-order valence-corrected chi connectivity index (χ1v) is 10.8. The number of hydrogen-bond acceptors (Lipinski definition) is 7. The number of hydrogen-bond donors (Lipinski definition) is 0. The normalized spacial score (nSPS) is 10.8. The van der Waals surface area contributed by atoms with Crippen LogP contribution in [0.25, 0.3) is 10.2 Å². The van der Waals surface area contributed by atoms with Crippen LogP contribution in [0.1, 0.15) is 21.6 Å². The third kappa shape index (κ3) is 3.97. The molecule has 0 unspecified atom stereocenters. The largest absolute Gasteiger partial charge is 0.494 e. The predicted octanol–water partition coefficient (Wildman–Crippen LogP) is 4.87. The highest BCUT2D eigenvalue weighted by atomic mass is 32.1. The Kier molecular flexibility index (Phi) is 6.23. The molecule has 4 rings (SSSR count). The average molecular weight is 450 g/mol. The fraction of sp³-hybridized carbons (Fsp3) is 0.208. The van der Waals surface area contributed by atoms with E-state index in [0.717, 1.165) is 21.5 Å². The highest BCUT2D eigenvalue weighted by Crippen LogP contribution is 2.38. The molecular formula is C24H23N3O4S. The van der Waals surface area contributed by atoms with Crippen LogP contribution in [0.15, 0.2) is 54.7 Å². The second-order valence-corrected chi connectivity index (χ2v) is 7.99. The summed E-state index contributed by atoms with van der Waals surface area (Å²) in [6.07, 6.45) is 1.70.